The Morgan fingerprint density at radius 3 is 2.55 bits per heavy atom. The third kappa shape index (κ3) is 2.21. The van der Waals surface area contributed by atoms with Crippen molar-refractivity contribution in [2.45, 2.75) is 25.9 Å². The Morgan fingerprint density at radius 1 is 1.00 bits per heavy atom. The first-order valence-electron chi connectivity index (χ1n) is 7.90. The van der Waals surface area contributed by atoms with Crippen molar-refractivity contribution in [3.8, 4) is 0 Å². The molecule has 1 unspecified atom stereocenters. The second kappa shape index (κ2) is 5.38. The van der Waals surface area contributed by atoms with E-state index in [2.05, 4.69) is 83.9 Å². The molecule has 1 N–H and O–H groups in total. The van der Waals surface area contributed by atoms with Crippen LogP contribution in [0.2, 0.25) is 0 Å². The first kappa shape index (κ1) is 13.2. The van der Waals surface area contributed by atoms with Gasteiger partial charge in [-0.05, 0) is 43.5 Å². The van der Waals surface area contributed by atoms with Gasteiger partial charge in [0.25, 0.3) is 0 Å². The molecular weight excluding hydrogens is 268 g/mol. The lowest BCUT2D eigenvalue weighted by Crippen LogP contribution is -2.29. The van der Waals surface area contributed by atoms with E-state index >= 15 is 0 Å². The van der Waals surface area contributed by atoms with Gasteiger partial charge in [0.15, 0.2) is 0 Å². The zero-order chi connectivity index (χ0) is 14.9. The number of aryl methyl sites for hydroxylation is 1. The van der Waals surface area contributed by atoms with E-state index in [4.69, 9.17) is 0 Å². The molecule has 1 heterocycles. The summed E-state index contributed by atoms with van der Waals surface area (Å²) in [7, 11) is 0. The zero-order valence-corrected chi connectivity index (χ0v) is 12.8. The van der Waals surface area contributed by atoms with Crippen molar-refractivity contribution in [2.24, 2.45) is 0 Å². The van der Waals surface area contributed by atoms with Crippen LogP contribution in [0.25, 0.3) is 0 Å². The Morgan fingerprint density at radius 2 is 1.77 bits per heavy atom. The summed E-state index contributed by atoms with van der Waals surface area (Å²) < 4.78 is 0. The van der Waals surface area contributed by atoms with Crippen molar-refractivity contribution in [1.29, 1.82) is 0 Å². The lowest BCUT2D eigenvalue weighted by atomic mass is 10.1. The normalized spacial score (nSPS) is 20.0. The molecule has 0 aromatic heterocycles. The molecule has 0 amide bonds. The highest BCUT2D eigenvalue weighted by Crippen LogP contribution is 2.39. The molecule has 4 rings (SSSR count). The molecule has 2 aromatic rings. The molecule has 1 aliphatic carbocycles. The van der Waals surface area contributed by atoms with Gasteiger partial charge < -0.3 is 10.2 Å². The first-order valence-corrected chi connectivity index (χ1v) is 7.90. The van der Waals surface area contributed by atoms with E-state index < -0.39 is 0 Å². The van der Waals surface area contributed by atoms with Crippen LogP contribution in [0.1, 0.15) is 30.1 Å². The number of hydrogen-bond acceptors (Lipinski definition) is 2. The van der Waals surface area contributed by atoms with E-state index in [1.807, 2.05) is 0 Å². The molecule has 2 aliphatic rings. The summed E-state index contributed by atoms with van der Waals surface area (Å²) in [6.45, 7) is 2.13. The van der Waals surface area contributed by atoms with Crippen LogP contribution in [0.4, 0.5) is 5.69 Å². The van der Waals surface area contributed by atoms with Gasteiger partial charge in [-0.25, -0.2) is 0 Å². The number of hydrogen-bond donors (Lipinski definition) is 1. The fourth-order valence-corrected chi connectivity index (χ4v) is 3.28. The van der Waals surface area contributed by atoms with Crippen LogP contribution < -0.4 is 10.2 Å². The number of benzene rings is 2. The number of nitrogens with zero attached hydrogens (tertiary/aromatic N) is 1. The maximum absolute atomic E-state index is 3.70. The minimum Gasteiger partial charge on any atom is -0.360 e. The Labute approximate surface area is 131 Å². The summed E-state index contributed by atoms with van der Waals surface area (Å²) in [4.78, 5) is 2.45. The Balaban J connectivity index is 1.78. The van der Waals surface area contributed by atoms with E-state index in [9.17, 15) is 0 Å². The summed E-state index contributed by atoms with van der Waals surface area (Å²) in [6.07, 6.45) is 6.87. The third-order valence-electron chi connectivity index (χ3n) is 4.41. The van der Waals surface area contributed by atoms with E-state index in [0.717, 1.165) is 12.8 Å². The number of anilines is 1. The molecule has 0 saturated heterocycles. The second-order valence-corrected chi connectivity index (χ2v) is 5.96. The van der Waals surface area contributed by atoms with Gasteiger partial charge in [-0.3, -0.25) is 0 Å². The van der Waals surface area contributed by atoms with Gasteiger partial charge >= 0.3 is 0 Å². The van der Waals surface area contributed by atoms with Crippen LogP contribution in [0.15, 0.2) is 78.1 Å². The van der Waals surface area contributed by atoms with Crippen molar-refractivity contribution in [2.75, 3.05) is 4.90 Å². The molecule has 0 spiro atoms. The summed E-state index contributed by atoms with van der Waals surface area (Å²) in [5, 5.41) is 3.70. The van der Waals surface area contributed by atoms with E-state index in [1.54, 1.807) is 0 Å². The lowest BCUT2D eigenvalue weighted by molar-refractivity contribution is 0.647. The van der Waals surface area contributed by atoms with Gasteiger partial charge in [0.1, 0.15) is 6.17 Å². The first-order chi connectivity index (χ1) is 10.8. The van der Waals surface area contributed by atoms with Crippen molar-refractivity contribution in [3.63, 3.8) is 0 Å². The molecule has 1 aliphatic heterocycles. The van der Waals surface area contributed by atoms with Crippen LogP contribution in [-0.2, 0) is 0 Å². The van der Waals surface area contributed by atoms with Crippen molar-refractivity contribution in [3.05, 3.63) is 89.3 Å². The number of rotatable bonds is 2. The van der Waals surface area contributed by atoms with Gasteiger partial charge in [-0.2, -0.15) is 0 Å². The van der Waals surface area contributed by atoms with Crippen LogP contribution in [0.5, 0.6) is 0 Å². The molecule has 0 bridgehead atoms. The topological polar surface area (TPSA) is 15.3 Å². The number of allylic oxidation sites excluding steroid dienone is 3. The summed E-state index contributed by atoms with van der Waals surface area (Å²) in [5.74, 6) is 0. The molecule has 2 nitrogen and oxygen atoms in total. The maximum Gasteiger partial charge on any atom is 0.130 e. The molecule has 1 atom stereocenters. The molecule has 110 valence electrons. The summed E-state index contributed by atoms with van der Waals surface area (Å²) in [5.41, 5.74) is 6.52. The number of nitrogens with one attached hydrogen (secondary N) is 1. The van der Waals surface area contributed by atoms with Gasteiger partial charge in [0.2, 0.25) is 0 Å². The van der Waals surface area contributed by atoms with Gasteiger partial charge in [0, 0.05) is 11.4 Å². The van der Waals surface area contributed by atoms with E-state index in [0.29, 0.717) is 0 Å². The highest BCUT2D eigenvalue weighted by atomic mass is 15.3. The average molecular weight is 288 g/mol. The van der Waals surface area contributed by atoms with Gasteiger partial charge in [0.05, 0.1) is 5.70 Å². The molecular formula is C20H20N2. The SMILES string of the molecule is Cc1ccc(C2NC3=C(CCC=C3)N2c2ccccc2)cc1. The highest BCUT2D eigenvalue weighted by Gasteiger charge is 2.32. The minimum atomic E-state index is 0.177. The van der Waals surface area contributed by atoms with Crippen molar-refractivity contribution >= 4 is 5.69 Å². The molecule has 0 radical (unpaired) electrons. The smallest absolute Gasteiger partial charge is 0.130 e. The highest BCUT2D eigenvalue weighted by molar-refractivity contribution is 5.60. The summed E-state index contributed by atoms with van der Waals surface area (Å²) >= 11 is 0. The second-order valence-electron chi connectivity index (χ2n) is 5.96. The molecule has 2 aromatic carbocycles. The van der Waals surface area contributed by atoms with Gasteiger partial charge in [-0.15, -0.1) is 0 Å². The molecule has 2 heteroatoms. The lowest BCUT2D eigenvalue weighted by Gasteiger charge is -2.29. The Hall–Kier alpha value is -2.48. The average Bonchev–Trinajstić information content (AvgIpc) is 2.96. The van der Waals surface area contributed by atoms with Crippen LogP contribution >= 0.6 is 0 Å². The predicted molar refractivity (Wildman–Crippen MR) is 91.4 cm³/mol. The van der Waals surface area contributed by atoms with Crippen molar-refractivity contribution < 1.29 is 0 Å². The Bertz CT molecular complexity index is 726. The van der Waals surface area contributed by atoms with Crippen LogP contribution in [-0.4, -0.2) is 0 Å². The standard InChI is InChI=1S/C20H20N2/c1-15-11-13-16(14-12-15)20-21-18-9-5-6-10-19(18)22(20)17-7-3-2-4-8-17/h2-5,7-9,11-14,20-21H,6,10H2,1H3. The largest absolute Gasteiger partial charge is 0.360 e. The van der Waals surface area contributed by atoms with Crippen molar-refractivity contribution in [1.82, 2.24) is 5.32 Å². The minimum absolute atomic E-state index is 0.177. The van der Waals surface area contributed by atoms with Gasteiger partial charge in [-0.1, -0.05) is 54.1 Å². The summed E-state index contributed by atoms with van der Waals surface area (Å²) in [6, 6.07) is 19.5. The fourth-order valence-electron chi connectivity index (χ4n) is 3.28. The van der Waals surface area contributed by atoms with Crippen LogP contribution in [0, 0.1) is 6.92 Å². The monoisotopic (exact) mass is 288 g/mol. The van der Waals surface area contributed by atoms with E-state index in [-0.39, 0.29) is 6.17 Å². The Kier molecular flexibility index (Phi) is 3.23. The zero-order valence-electron chi connectivity index (χ0n) is 12.8. The molecule has 0 saturated carbocycles. The quantitative estimate of drug-likeness (QED) is 0.864. The fraction of sp³-hybridized carbons (Fsp3) is 0.200. The third-order valence-corrected chi connectivity index (χ3v) is 4.41. The van der Waals surface area contributed by atoms with Crippen LogP contribution in [0.3, 0.4) is 0 Å². The maximum atomic E-state index is 3.70. The molecule has 22 heavy (non-hydrogen) atoms. The van der Waals surface area contributed by atoms with E-state index in [1.165, 1.54) is 28.2 Å². The number of para-hydroxylation sites is 1. The molecule has 0 fully saturated rings. The predicted octanol–water partition coefficient (Wildman–Crippen LogP) is 4.67.